The molecule has 2 rings (SSSR count). The molecule has 1 aliphatic rings. The van der Waals surface area contributed by atoms with E-state index in [4.69, 9.17) is 4.74 Å². The van der Waals surface area contributed by atoms with Gasteiger partial charge in [0.25, 0.3) is 0 Å². The fraction of sp³-hybridized carbons (Fsp3) is 0.556. The van der Waals surface area contributed by atoms with Crippen molar-refractivity contribution in [2.75, 3.05) is 13.2 Å². The zero-order valence-corrected chi connectivity index (χ0v) is 13.3. The van der Waals surface area contributed by atoms with E-state index in [-0.39, 0.29) is 11.9 Å². The SMILES string of the molecule is CCOC(=O)CCCNC(=O)Cc1ccc2c(c1)CCCC2. The lowest BCUT2D eigenvalue weighted by atomic mass is 9.90. The minimum absolute atomic E-state index is 0.0135. The number of esters is 1. The molecular formula is C18H25NO3. The number of hydrogen-bond acceptors (Lipinski definition) is 3. The van der Waals surface area contributed by atoms with Gasteiger partial charge in [-0.2, -0.15) is 0 Å². The Morgan fingerprint density at radius 3 is 2.73 bits per heavy atom. The first-order chi connectivity index (χ1) is 10.7. The van der Waals surface area contributed by atoms with Crippen LogP contribution in [0.4, 0.5) is 0 Å². The number of carbonyl (C=O) groups is 2. The Kier molecular flexibility index (Phi) is 6.44. The van der Waals surface area contributed by atoms with Gasteiger partial charge in [0.1, 0.15) is 0 Å². The van der Waals surface area contributed by atoms with Gasteiger partial charge in [0.15, 0.2) is 0 Å². The number of amides is 1. The average molecular weight is 303 g/mol. The van der Waals surface area contributed by atoms with Gasteiger partial charge in [-0.25, -0.2) is 0 Å². The number of fused-ring (bicyclic) bond motifs is 1. The van der Waals surface area contributed by atoms with Gasteiger partial charge in [-0.1, -0.05) is 18.2 Å². The molecule has 0 bridgehead atoms. The standard InChI is InChI=1S/C18H25NO3/c1-2-22-18(21)8-5-11-19-17(20)13-14-9-10-15-6-3-4-7-16(15)12-14/h9-10,12H,2-8,11,13H2,1H3,(H,19,20). The van der Waals surface area contributed by atoms with Gasteiger partial charge in [0.2, 0.25) is 5.91 Å². The van der Waals surface area contributed by atoms with Crippen LogP contribution in [0.25, 0.3) is 0 Å². The maximum absolute atomic E-state index is 11.9. The van der Waals surface area contributed by atoms with E-state index < -0.39 is 0 Å². The molecule has 0 aromatic heterocycles. The van der Waals surface area contributed by atoms with E-state index in [1.807, 2.05) is 0 Å². The van der Waals surface area contributed by atoms with Gasteiger partial charge >= 0.3 is 5.97 Å². The number of rotatable bonds is 7. The summed E-state index contributed by atoms with van der Waals surface area (Å²) in [5.74, 6) is -0.189. The van der Waals surface area contributed by atoms with Crippen LogP contribution in [-0.2, 0) is 33.6 Å². The molecule has 0 fully saturated rings. The Bertz CT molecular complexity index is 525. The van der Waals surface area contributed by atoms with E-state index in [2.05, 4.69) is 23.5 Å². The molecule has 4 heteroatoms. The molecule has 0 atom stereocenters. The van der Waals surface area contributed by atoms with Gasteiger partial charge in [0.05, 0.1) is 13.0 Å². The fourth-order valence-electron chi connectivity index (χ4n) is 2.84. The van der Waals surface area contributed by atoms with Gasteiger partial charge in [0, 0.05) is 13.0 Å². The molecule has 0 saturated heterocycles. The molecule has 0 heterocycles. The summed E-state index contributed by atoms with van der Waals surface area (Å²) >= 11 is 0. The summed E-state index contributed by atoms with van der Waals surface area (Å²) in [4.78, 5) is 23.1. The van der Waals surface area contributed by atoms with Crippen LogP contribution in [0.15, 0.2) is 18.2 Å². The Labute approximate surface area is 132 Å². The van der Waals surface area contributed by atoms with Crippen molar-refractivity contribution in [3.63, 3.8) is 0 Å². The normalized spacial score (nSPS) is 13.3. The third-order valence-corrected chi connectivity index (χ3v) is 3.96. The van der Waals surface area contributed by atoms with Crippen LogP contribution in [0.1, 0.15) is 49.3 Å². The van der Waals surface area contributed by atoms with Crippen LogP contribution in [0.5, 0.6) is 0 Å². The van der Waals surface area contributed by atoms with Gasteiger partial charge in [-0.3, -0.25) is 9.59 Å². The number of aryl methyl sites for hydroxylation is 2. The third kappa shape index (κ3) is 5.17. The highest BCUT2D eigenvalue weighted by Gasteiger charge is 2.11. The Morgan fingerprint density at radius 1 is 1.18 bits per heavy atom. The second-order valence-electron chi connectivity index (χ2n) is 5.75. The molecule has 0 radical (unpaired) electrons. The molecule has 1 aromatic carbocycles. The molecule has 1 amide bonds. The molecule has 1 aromatic rings. The number of hydrogen-bond donors (Lipinski definition) is 1. The highest BCUT2D eigenvalue weighted by molar-refractivity contribution is 5.78. The predicted octanol–water partition coefficient (Wildman–Crippen LogP) is 2.57. The van der Waals surface area contributed by atoms with E-state index >= 15 is 0 Å². The van der Waals surface area contributed by atoms with Crippen LogP contribution in [0.3, 0.4) is 0 Å². The molecule has 0 spiro atoms. The van der Waals surface area contributed by atoms with E-state index in [0.29, 0.717) is 32.4 Å². The van der Waals surface area contributed by atoms with E-state index in [0.717, 1.165) is 18.4 Å². The van der Waals surface area contributed by atoms with Crippen molar-refractivity contribution in [2.24, 2.45) is 0 Å². The van der Waals surface area contributed by atoms with Gasteiger partial charge < -0.3 is 10.1 Å². The number of carbonyl (C=O) groups excluding carboxylic acids is 2. The highest BCUT2D eigenvalue weighted by atomic mass is 16.5. The highest BCUT2D eigenvalue weighted by Crippen LogP contribution is 2.22. The fourth-order valence-corrected chi connectivity index (χ4v) is 2.84. The molecule has 1 aliphatic carbocycles. The molecule has 22 heavy (non-hydrogen) atoms. The van der Waals surface area contributed by atoms with Crippen molar-refractivity contribution in [1.29, 1.82) is 0 Å². The summed E-state index contributed by atoms with van der Waals surface area (Å²) in [7, 11) is 0. The maximum atomic E-state index is 11.9. The monoisotopic (exact) mass is 303 g/mol. The maximum Gasteiger partial charge on any atom is 0.305 e. The number of ether oxygens (including phenoxy) is 1. The summed E-state index contributed by atoms with van der Waals surface area (Å²) in [5, 5.41) is 2.86. The largest absolute Gasteiger partial charge is 0.466 e. The number of benzene rings is 1. The molecule has 0 saturated carbocycles. The predicted molar refractivity (Wildman–Crippen MR) is 85.7 cm³/mol. The van der Waals surface area contributed by atoms with Crippen molar-refractivity contribution < 1.29 is 14.3 Å². The van der Waals surface area contributed by atoms with Crippen molar-refractivity contribution in [3.05, 3.63) is 34.9 Å². The first-order valence-corrected chi connectivity index (χ1v) is 8.22. The number of nitrogens with one attached hydrogen (secondary N) is 1. The molecule has 120 valence electrons. The lowest BCUT2D eigenvalue weighted by Gasteiger charge is -2.16. The lowest BCUT2D eigenvalue weighted by molar-refractivity contribution is -0.143. The molecular weight excluding hydrogens is 278 g/mol. The summed E-state index contributed by atoms with van der Waals surface area (Å²) in [6, 6.07) is 6.40. The Balaban J connectivity index is 1.72. The van der Waals surface area contributed by atoms with Crippen molar-refractivity contribution >= 4 is 11.9 Å². The van der Waals surface area contributed by atoms with Crippen LogP contribution in [-0.4, -0.2) is 25.0 Å². The topological polar surface area (TPSA) is 55.4 Å². The van der Waals surface area contributed by atoms with Crippen molar-refractivity contribution in [3.8, 4) is 0 Å². The first kappa shape index (κ1) is 16.5. The zero-order chi connectivity index (χ0) is 15.8. The summed E-state index contributed by atoms with van der Waals surface area (Å²) in [5.41, 5.74) is 3.91. The summed E-state index contributed by atoms with van der Waals surface area (Å²) in [6.45, 7) is 2.71. The second-order valence-corrected chi connectivity index (χ2v) is 5.75. The first-order valence-electron chi connectivity index (χ1n) is 8.22. The lowest BCUT2D eigenvalue weighted by Crippen LogP contribution is -2.26. The van der Waals surface area contributed by atoms with Crippen LogP contribution < -0.4 is 5.32 Å². The Morgan fingerprint density at radius 2 is 1.95 bits per heavy atom. The minimum atomic E-state index is -0.202. The van der Waals surface area contributed by atoms with E-state index in [1.54, 1.807) is 6.92 Å². The van der Waals surface area contributed by atoms with E-state index in [9.17, 15) is 9.59 Å². The van der Waals surface area contributed by atoms with Gasteiger partial charge in [-0.15, -0.1) is 0 Å². The smallest absolute Gasteiger partial charge is 0.305 e. The summed E-state index contributed by atoms with van der Waals surface area (Å²) in [6.07, 6.45) is 6.19. The molecule has 0 aliphatic heterocycles. The average Bonchev–Trinajstić information content (AvgIpc) is 2.52. The zero-order valence-electron chi connectivity index (χ0n) is 13.3. The van der Waals surface area contributed by atoms with Crippen molar-refractivity contribution in [1.82, 2.24) is 5.32 Å². The van der Waals surface area contributed by atoms with Crippen LogP contribution in [0.2, 0.25) is 0 Å². The Hall–Kier alpha value is -1.84. The molecule has 1 N–H and O–H groups in total. The minimum Gasteiger partial charge on any atom is -0.466 e. The quantitative estimate of drug-likeness (QED) is 0.622. The van der Waals surface area contributed by atoms with Crippen LogP contribution in [0, 0.1) is 0 Å². The second kappa shape index (κ2) is 8.57. The summed E-state index contributed by atoms with van der Waals surface area (Å²) < 4.78 is 4.85. The van der Waals surface area contributed by atoms with Gasteiger partial charge in [-0.05, 0) is 55.7 Å². The molecule has 0 unspecified atom stereocenters. The molecule has 4 nitrogen and oxygen atoms in total. The van der Waals surface area contributed by atoms with Crippen LogP contribution >= 0.6 is 0 Å². The third-order valence-electron chi connectivity index (χ3n) is 3.96. The van der Waals surface area contributed by atoms with E-state index in [1.165, 1.54) is 24.0 Å². The van der Waals surface area contributed by atoms with Crippen molar-refractivity contribution in [2.45, 2.75) is 51.9 Å².